The normalized spacial score (nSPS) is 20.7. The number of carbonyl (C=O) groups is 1. The Morgan fingerprint density at radius 3 is 2.63 bits per heavy atom. The Bertz CT molecular complexity index is 439. The lowest BCUT2D eigenvalue weighted by Gasteiger charge is -2.37. The average Bonchev–Trinajstić information content (AvgIpc) is 2.79. The van der Waals surface area contributed by atoms with Gasteiger partial charge in [0.1, 0.15) is 5.82 Å². The first-order valence-electron chi connectivity index (χ1n) is 7.11. The fraction of sp³-hybridized carbons (Fsp3) is 0.600. The van der Waals surface area contributed by atoms with Gasteiger partial charge in [-0.1, -0.05) is 19.9 Å². The molecule has 3 heterocycles. The van der Waals surface area contributed by atoms with Crippen molar-refractivity contribution < 1.29 is 4.79 Å². The zero-order valence-electron chi connectivity index (χ0n) is 12.1. The van der Waals surface area contributed by atoms with Crippen molar-refractivity contribution in [1.29, 1.82) is 0 Å². The second-order valence-electron chi connectivity index (χ2n) is 5.19. The molecule has 4 nitrogen and oxygen atoms in total. The number of anilines is 1. The van der Waals surface area contributed by atoms with Crippen LogP contribution in [0.15, 0.2) is 18.3 Å². The van der Waals surface area contributed by atoms with Crippen LogP contribution in [0.5, 0.6) is 0 Å². The average molecular weight is 261 g/mol. The second kappa shape index (κ2) is 5.70. The summed E-state index contributed by atoms with van der Waals surface area (Å²) in [6.07, 6.45) is 4.92. The van der Waals surface area contributed by atoms with Crippen molar-refractivity contribution in [3.63, 3.8) is 0 Å². The highest BCUT2D eigenvalue weighted by Crippen LogP contribution is 2.45. The summed E-state index contributed by atoms with van der Waals surface area (Å²) in [6.45, 7) is 7.00. The first-order chi connectivity index (χ1) is 9.25. The third kappa shape index (κ3) is 2.37. The topological polar surface area (TPSA) is 36.4 Å². The van der Waals surface area contributed by atoms with Crippen LogP contribution in [0, 0.1) is 0 Å². The predicted octanol–water partition coefficient (Wildman–Crippen LogP) is 2.05. The molecule has 0 aromatic carbocycles. The van der Waals surface area contributed by atoms with E-state index in [1.807, 2.05) is 19.9 Å². The molecule has 1 aromatic rings. The van der Waals surface area contributed by atoms with E-state index in [1.54, 1.807) is 11.1 Å². The van der Waals surface area contributed by atoms with E-state index >= 15 is 0 Å². The second-order valence-corrected chi connectivity index (χ2v) is 5.19. The van der Waals surface area contributed by atoms with Gasteiger partial charge in [0.05, 0.1) is 0 Å². The lowest BCUT2D eigenvalue weighted by atomic mass is 9.75. The molecular formula is C15H23N3O. The van der Waals surface area contributed by atoms with Crippen molar-refractivity contribution >= 4 is 12.2 Å². The number of piperidine rings is 1. The number of aromatic nitrogens is 1. The summed E-state index contributed by atoms with van der Waals surface area (Å²) < 4.78 is 0. The number of carbonyl (C=O) groups excluding carboxylic acids is 1. The quantitative estimate of drug-likeness (QED) is 0.726. The first kappa shape index (κ1) is 14.0. The maximum absolute atomic E-state index is 11.1. The van der Waals surface area contributed by atoms with Gasteiger partial charge in [-0.15, -0.1) is 0 Å². The van der Waals surface area contributed by atoms with Gasteiger partial charge >= 0.3 is 0 Å². The van der Waals surface area contributed by atoms with E-state index in [-0.39, 0.29) is 5.41 Å². The monoisotopic (exact) mass is 261 g/mol. The van der Waals surface area contributed by atoms with Gasteiger partial charge in [0.25, 0.3) is 0 Å². The Kier molecular flexibility index (Phi) is 4.20. The van der Waals surface area contributed by atoms with E-state index in [0.29, 0.717) is 0 Å². The van der Waals surface area contributed by atoms with Crippen LogP contribution >= 0.6 is 0 Å². The lowest BCUT2D eigenvalue weighted by molar-refractivity contribution is -0.107. The molecule has 4 heteroatoms. The van der Waals surface area contributed by atoms with Gasteiger partial charge < -0.3 is 4.90 Å². The number of pyridine rings is 1. The van der Waals surface area contributed by atoms with Crippen molar-refractivity contribution in [3.8, 4) is 0 Å². The molecule has 19 heavy (non-hydrogen) atoms. The van der Waals surface area contributed by atoms with Crippen LogP contribution in [-0.4, -0.2) is 43.0 Å². The summed E-state index contributed by atoms with van der Waals surface area (Å²) in [5.41, 5.74) is 1.41. The Labute approximate surface area is 115 Å². The molecule has 3 rings (SSSR count). The fourth-order valence-electron chi connectivity index (χ4n) is 3.09. The van der Waals surface area contributed by atoms with Gasteiger partial charge in [0, 0.05) is 23.7 Å². The standard InChI is InChI=1S/C13H17N3O.C2H6/c1-15-7-4-13(5-8-15)9-16(10-17)12-11(13)3-2-6-14-12;1-2/h2-3,6,10H,4-5,7-9H2,1H3;1-2H3. The molecule has 0 aliphatic carbocycles. The predicted molar refractivity (Wildman–Crippen MR) is 77.4 cm³/mol. The molecule has 1 aromatic heterocycles. The smallest absolute Gasteiger partial charge is 0.215 e. The molecule has 0 bridgehead atoms. The van der Waals surface area contributed by atoms with Crippen LogP contribution in [0.1, 0.15) is 32.3 Å². The van der Waals surface area contributed by atoms with Gasteiger partial charge in [-0.3, -0.25) is 9.69 Å². The molecule has 2 aliphatic rings. The summed E-state index contributed by atoms with van der Waals surface area (Å²) in [7, 11) is 2.16. The van der Waals surface area contributed by atoms with Gasteiger partial charge in [-0.2, -0.15) is 0 Å². The van der Waals surface area contributed by atoms with E-state index in [4.69, 9.17) is 0 Å². The van der Waals surface area contributed by atoms with Gasteiger partial charge in [-0.25, -0.2) is 4.98 Å². The zero-order valence-corrected chi connectivity index (χ0v) is 12.1. The Morgan fingerprint density at radius 1 is 1.32 bits per heavy atom. The van der Waals surface area contributed by atoms with Crippen LogP contribution in [0.2, 0.25) is 0 Å². The maximum Gasteiger partial charge on any atom is 0.215 e. The largest absolute Gasteiger partial charge is 0.306 e. The Hall–Kier alpha value is -1.42. The van der Waals surface area contributed by atoms with E-state index in [0.717, 1.165) is 44.7 Å². The molecule has 0 atom stereocenters. The number of hydrogen-bond donors (Lipinski definition) is 0. The van der Waals surface area contributed by atoms with Crippen molar-refractivity contribution in [1.82, 2.24) is 9.88 Å². The highest BCUT2D eigenvalue weighted by atomic mass is 16.1. The lowest BCUT2D eigenvalue weighted by Crippen LogP contribution is -2.43. The molecule has 0 N–H and O–H groups in total. The molecule has 1 spiro atoms. The van der Waals surface area contributed by atoms with E-state index < -0.39 is 0 Å². The molecule has 1 amide bonds. The van der Waals surface area contributed by atoms with Gasteiger partial charge in [0.15, 0.2) is 0 Å². The highest BCUT2D eigenvalue weighted by Gasteiger charge is 2.44. The van der Waals surface area contributed by atoms with Gasteiger partial charge in [-0.05, 0) is 39.0 Å². The molecule has 104 valence electrons. The fourth-order valence-corrected chi connectivity index (χ4v) is 3.09. The van der Waals surface area contributed by atoms with Crippen LogP contribution in [-0.2, 0) is 10.2 Å². The first-order valence-corrected chi connectivity index (χ1v) is 7.11. The number of fused-ring (bicyclic) bond motifs is 2. The third-order valence-corrected chi connectivity index (χ3v) is 4.17. The van der Waals surface area contributed by atoms with Crippen molar-refractivity contribution in [2.24, 2.45) is 0 Å². The van der Waals surface area contributed by atoms with Crippen molar-refractivity contribution in [3.05, 3.63) is 23.9 Å². The van der Waals surface area contributed by atoms with Crippen LogP contribution in [0.3, 0.4) is 0 Å². The SMILES string of the molecule is CC.CN1CCC2(CC1)CN(C=O)c1ncccc12. The summed E-state index contributed by atoms with van der Waals surface area (Å²) >= 11 is 0. The van der Waals surface area contributed by atoms with Crippen molar-refractivity contribution in [2.75, 3.05) is 31.6 Å². The van der Waals surface area contributed by atoms with Crippen LogP contribution in [0.4, 0.5) is 5.82 Å². The summed E-state index contributed by atoms with van der Waals surface area (Å²) in [5.74, 6) is 0.868. The number of nitrogens with zero attached hydrogens (tertiary/aromatic N) is 3. The molecule has 0 unspecified atom stereocenters. The Morgan fingerprint density at radius 2 is 2.00 bits per heavy atom. The molecular weight excluding hydrogens is 238 g/mol. The van der Waals surface area contributed by atoms with Gasteiger partial charge in [0.2, 0.25) is 6.41 Å². The summed E-state index contributed by atoms with van der Waals surface area (Å²) in [5, 5.41) is 0. The molecule has 1 saturated heterocycles. The van der Waals surface area contributed by atoms with Crippen LogP contribution < -0.4 is 4.90 Å². The van der Waals surface area contributed by atoms with E-state index in [1.165, 1.54) is 5.56 Å². The highest BCUT2D eigenvalue weighted by molar-refractivity contribution is 5.79. The molecule has 0 radical (unpaired) electrons. The number of likely N-dealkylation sites (tertiary alicyclic amines) is 1. The molecule has 2 aliphatic heterocycles. The number of rotatable bonds is 1. The van der Waals surface area contributed by atoms with Crippen molar-refractivity contribution in [2.45, 2.75) is 32.1 Å². The van der Waals surface area contributed by atoms with E-state index in [9.17, 15) is 4.79 Å². The summed E-state index contributed by atoms with van der Waals surface area (Å²) in [6, 6.07) is 4.12. The minimum absolute atomic E-state index is 0.150. The third-order valence-electron chi connectivity index (χ3n) is 4.17. The minimum Gasteiger partial charge on any atom is -0.306 e. The minimum atomic E-state index is 0.150. The molecule has 1 fully saturated rings. The number of hydrogen-bond acceptors (Lipinski definition) is 3. The maximum atomic E-state index is 11.1. The number of amides is 1. The summed E-state index contributed by atoms with van der Waals surface area (Å²) in [4.78, 5) is 19.6. The van der Waals surface area contributed by atoms with Crippen LogP contribution in [0.25, 0.3) is 0 Å². The van der Waals surface area contributed by atoms with E-state index in [2.05, 4.69) is 23.0 Å². The Balaban J connectivity index is 0.000000637. The molecule has 0 saturated carbocycles. The zero-order chi connectivity index (χ0) is 13.9.